The molecule has 2 fully saturated rings. The molecule has 192 valence electrons. The van der Waals surface area contributed by atoms with Gasteiger partial charge in [-0.15, -0.1) is 0 Å². The van der Waals surface area contributed by atoms with E-state index in [0.29, 0.717) is 25.3 Å². The minimum atomic E-state index is -0.661. The third-order valence-electron chi connectivity index (χ3n) is 8.10. The molecule has 8 heteroatoms. The molecule has 1 aliphatic carbocycles. The fourth-order valence-electron chi connectivity index (χ4n) is 6.39. The fraction of sp³-hybridized carbons (Fsp3) is 0.414. The Bertz CT molecular complexity index is 1340. The molecule has 1 saturated carbocycles. The highest BCUT2D eigenvalue weighted by molar-refractivity contribution is 6.03. The molecule has 3 unspecified atom stereocenters. The molecule has 0 spiro atoms. The molecule has 3 aromatic rings. The van der Waals surface area contributed by atoms with E-state index >= 15 is 8.78 Å². The Kier molecular flexibility index (Phi) is 6.46. The van der Waals surface area contributed by atoms with Gasteiger partial charge in [-0.3, -0.25) is 9.78 Å². The van der Waals surface area contributed by atoms with Crippen molar-refractivity contribution in [2.45, 2.75) is 56.4 Å². The second-order valence-electron chi connectivity index (χ2n) is 10.6. The summed E-state index contributed by atoms with van der Waals surface area (Å²) in [7, 11) is 0. The summed E-state index contributed by atoms with van der Waals surface area (Å²) in [4.78, 5) is 21.7. The van der Waals surface area contributed by atoms with Crippen LogP contribution in [0.25, 0.3) is 11.3 Å². The van der Waals surface area contributed by atoms with E-state index in [2.05, 4.69) is 15.3 Å². The summed E-state index contributed by atoms with van der Waals surface area (Å²) in [6.07, 6.45) is 7.95. The molecule has 4 bridgehead atoms. The molecular formula is C29H30F2N4O2. The Morgan fingerprint density at radius 1 is 1.00 bits per heavy atom. The van der Waals surface area contributed by atoms with Gasteiger partial charge in [0.25, 0.3) is 5.91 Å². The third kappa shape index (κ3) is 4.76. The Hall–Kier alpha value is -3.23. The zero-order valence-electron chi connectivity index (χ0n) is 20.6. The van der Waals surface area contributed by atoms with Crippen LogP contribution >= 0.6 is 0 Å². The van der Waals surface area contributed by atoms with E-state index in [9.17, 15) is 4.79 Å². The molecule has 3 aliphatic rings. The van der Waals surface area contributed by atoms with Gasteiger partial charge >= 0.3 is 0 Å². The second kappa shape index (κ2) is 9.91. The summed E-state index contributed by atoms with van der Waals surface area (Å²) in [6.45, 7) is 1.29. The van der Waals surface area contributed by atoms with Gasteiger partial charge in [-0.05, 0) is 97.2 Å². The molecule has 2 aliphatic heterocycles. The molecule has 2 aromatic heterocycles. The normalized spacial score (nSPS) is 24.1. The van der Waals surface area contributed by atoms with Crippen molar-refractivity contribution >= 4 is 11.6 Å². The van der Waals surface area contributed by atoms with E-state index in [1.54, 1.807) is 12.4 Å². The average Bonchev–Trinajstić information content (AvgIpc) is 2.89. The van der Waals surface area contributed by atoms with Crippen LogP contribution < -0.4 is 11.1 Å². The number of hydrogen-bond donors (Lipinski definition) is 2. The molecule has 1 aromatic carbocycles. The lowest BCUT2D eigenvalue weighted by molar-refractivity contribution is 0.0852. The number of nitrogens with two attached hydrogens (primary N) is 1. The van der Waals surface area contributed by atoms with E-state index in [1.165, 1.54) is 18.2 Å². The number of nitrogens with zero attached hydrogens (tertiary/aromatic N) is 2. The van der Waals surface area contributed by atoms with Crippen molar-refractivity contribution in [3.63, 3.8) is 0 Å². The lowest BCUT2D eigenvalue weighted by Gasteiger charge is -2.35. The minimum absolute atomic E-state index is 0.0176. The number of aromatic nitrogens is 2. The number of fused-ring (bicyclic) bond motifs is 8. The lowest BCUT2D eigenvalue weighted by atomic mass is 9.73. The van der Waals surface area contributed by atoms with Gasteiger partial charge in [0, 0.05) is 31.0 Å². The molecule has 6 nitrogen and oxygen atoms in total. The highest BCUT2D eigenvalue weighted by atomic mass is 19.1. The molecular weight excluding hydrogens is 474 g/mol. The number of benzene rings is 1. The van der Waals surface area contributed by atoms with E-state index in [4.69, 9.17) is 10.5 Å². The summed E-state index contributed by atoms with van der Waals surface area (Å²) in [5.41, 5.74) is 9.76. The van der Waals surface area contributed by atoms with E-state index < -0.39 is 17.5 Å². The third-order valence-corrected chi connectivity index (χ3v) is 8.10. The number of nitrogens with one attached hydrogen (secondary N) is 1. The maximum absolute atomic E-state index is 15.9. The van der Waals surface area contributed by atoms with Gasteiger partial charge in [0.2, 0.25) is 0 Å². The van der Waals surface area contributed by atoms with Crippen molar-refractivity contribution in [3.8, 4) is 11.3 Å². The number of rotatable bonds is 1. The SMILES string of the molecule is NC1CC2Cc3cc(C4CCOCC4)cc(F)c3-c3nc(ccc3F)C(=O)Nc3cnccc3C(C1)C2. The topological polar surface area (TPSA) is 90.1 Å². The van der Waals surface area contributed by atoms with Gasteiger partial charge < -0.3 is 15.8 Å². The van der Waals surface area contributed by atoms with Crippen LogP contribution in [-0.4, -0.2) is 35.1 Å². The van der Waals surface area contributed by atoms with Crippen molar-refractivity contribution in [1.29, 1.82) is 0 Å². The molecule has 3 N–H and O–H groups in total. The predicted molar refractivity (Wildman–Crippen MR) is 136 cm³/mol. The number of halogens is 2. The summed E-state index contributed by atoms with van der Waals surface area (Å²) in [6, 6.07) is 7.94. The monoisotopic (exact) mass is 504 g/mol. The zero-order chi connectivity index (χ0) is 25.5. The fourth-order valence-corrected chi connectivity index (χ4v) is 6.39. The molecule has 37 heavy (non-hydrogen) atoms. The van der Waals surface area contributed by atoms with Crippen LogP contribution in [0.5, 0.6) is 0 Å². The number of carbonyl (C=O) groups excluding carboxylic acids is 1. The standard InChI is InChI=1S/C29H30F2N4O2/c30-23-1-2-25-29(36)35-26-15-33-6-3-22(26)19-9-16(11-21(32)13-19)10-20-12-18(17-4-7-37-8-5-17)14-24(31)27(20)28(23)34-25/h1-3,6,12,14-17,19,21H,4-5,7-11,13,32H2,(H,35,36). The smallest absolute Gasteiger partial charge is 0.274 e. The molecule has 1 amide bonds. The van der Waals surface area contributed by atoms with Gasteiger partial charge in [0.05, 0.1) is 11.9 Å². The van der Waals surface area contributed by atoms with E-state index in [0.717, 1.165) is 48.8 Å². The Balaban J connectivity index is 1.52. The Morgan fingerprint density at radius 2 is 1.84 bits per heavy atom. The first-order chi connectivity index (χ1) is 18.0. The Labute approximate surface area is 214 Å². The van der Waals surface area contributed by atoms with Crippen molar-refractivity contribution in [1.82, 2.24) is 9.97 Å². The van der Waals surface area contributed by atoms with Crippen molar-refractivity contribution < 1.29 is 18.3 Å². The predicted octanol–water partition coefficient (Wildman–Crippen LogP) is 5.34. The molecule has 3 atom stereocenters. The molecule has 4 heterocycles. The van der Waals surface area contributed by atoms with Crippen LogP contribution in [0.1, 0.15) is 71.1 Å². The first-order valence-electron chi connectivity index (χ1n) is 13.0. The van der Waals surface area contributed by atoms with Crippen molar-refractivity contribution in [2.75, 3.05) is 18.5 Å². The average molecular weight is 505 g/mol. The van der Waals surface area contributed by atoms with Crippen LogP contribution in [-0.2, 0) is 11.2 Å². The highest BCUT2D eigenvalue weighted by Crippen LogP contribution is 2.42. The first-order valence-corrected chi connectivity index (χ1v) is 13.0. The maximum atomic E-state index is 15.9. The summed E-state index contributed by atoms with van der Waals surface area (Å²) >= 11 is 0. The maximum Gasteiger partial charge on any atom is 0.274 e. The number of anilines is 1. The van der Waals surface area contributed by atoms with Gasteiger partial charge in [0.1, 0.15) is 23.0 Å². The van der Waals surface area contributed by atoms with Crippen LogP contribution in [0.15, 0.2) is 42.7 Å². The quantitative estimate of drug-likeness (QED) is 0.467. The van der Waals surface area contributed by atoms with Gasteiger partial charge in [-0.1, -0.05) is 6.07 Å². The molecule has 1 saturated heterocycles. The van der Waals surface area contributed by atoms with Crippen LogP contribution in [0.2, 0.25) is 0 Å². The summed E-state index contributed by atoms with van der Waals surface area (Å²) < 4.78 is 36.6. The number of carbonyl (C=O) groups is 1. The first kappa shape index (κ1) is 24.1. The van der Waals surface area contributed by atoms with E-state index in [1.807, 2.05) is 12.1 Å². The second-order valence-corrected chi connectivity index (χ2v) is 10.6. The largest absolute Gasteiger partial charge is 0.381 e. The highest BCUT2D eigenvalue weighted by Gasteiger charge is 2.32. The van der Waals surface area contributed by atoms with E-state index in [-0.39, 0.29) is 40.7 Å². The zero-order valence-corrected chi connectivity index (χ0v) is 20.6. The number of pyridine rings is 2. The Morgan fingerprint density at radius 3 is 2.68 bits per heavy atom. The lowest BCUT2D eigenvalue weighted by Crippen LogP contribution is -2.33. The van der Waals surface area contributed by atoms with Gasteiger partial charge in [-0.2, -0.15) is 0 Å². The van der Waals surface area contributed by atoms with Crippen LogP contribution in [0.3, 0.4) is 0 Å². The van der Waals surface area contributed by atoms with Gasteiger partial charge in [0.15, 0.2) is 0 Å². The summed E-state index contributed by atoms with van der Waals surface area (Å²) in [5, 5.41) is 2.90. The van der Waals surface area contributed by atoms with Crippen molar-refractivity contribution in [2.24, 2.45) is 11.7 Å². The molecule has 0 radical (unpaired) electrons. The number of amides is 1. The number of hydrogen-bond acceptors (Lipinski definition) is 5. The minimum Gasteiger partial charge on any atom is -0.381 e. The molecule has 6 rings (SSSR count). The number of ether oxygens (including phenoxy) is 1. The van der Waals surface area contributed by atoms with Gasteiger partial charge in [-0.25, -0.2) is 13.8 Å². The summed E-state index contributed by atoms with van der Waals surface area (Å²) in [5.74, 6) is -1.19. The van der Waals surface area contributed by atoms with Crippen LogP contribution in [0, 0.1) is 17.6 Å². The van der Waals surface area contributed by atoms with Crippen LogP contribution in [0.4, 0.5) is 14.5 Å². The van der Waals surface area contributed by atoms with Crippen molar-refractivity contribution in [3.05, 3.63) is 76.7 Å².